The van der Waals surface area contributed by atoms with Crippen LogP contribution in [-0.2, 0) is 11.0 Å². The number of carbonyl (C=O) groups is 1. The highest BCUT2D eigenvalue weighted by Crippen LogP contribution is 2.37. The molecule has 0 fully saturated rings. The highest BCUT2D eigenvalue weighted by molar-refractivity contribution is 7.10. The van der Waals surface area contributed by atoms with E-state index in [1.165, 1.54) is 0 Å². The lowest BCUT2D eigenvalue weighted by Crippen LogP contribution is -2.16. The molecule has 0 bridgehead atoms. The first kappa shape index (κ1) is 16.2. The van der Waals surface area contributed by atoms with Crippen LogP contribution in [0.3, 0.4) is 0 Å². The first-order valence-electron chi connectivity index (χ1n) is 4.62. The lowest BCUT2D eigenvalue weighted by atomic mass is 9.94. The molecule has 2 nitrogen and oxygen atoms in total. The molecule has 1 N–H and O–H groups in total. The maximum atomic E-state index is 12.3. The molecule has 7 heteroatoms. The summed E-state index contributed by atoms with van der Waals surface area (Å²) in [5.74, 6) is -2.20. The van der Waals surface area contributed by atoms with Gasteiger partial charge in [-0.15, -0.1) is 23.7 Å². The zero-order chi connectivity index (χ0) is 12.5. The van der Waals surface area contributed by atoms with Gasteiger partial charge in [-0.25, -0.2) is 0 Å². The Morgan fingerprint density at radius 2 is 1.94 bits per heavy atom. The van der Waals surface area contributed by atoms with Gasteiger partial charge >= 0.3 is 12.1 Å². The Hall–Kier alpha value is -0.750. The van der Waals surface area contributed by atoms with E-state index in [0.717, 1.165) is 22.8 Å². The Kier molecular flexibility index (Phi) is 5.48. The number of rotatable bonds is 3. The average molecular weight is 289 g/mol. The summed E-state index contributed by atoms with van der Waals surface area (Å²) in [6.45, 7) is 3.34. The first-order chi connectivity index (χ1) is 7.23. The molecule has 1 aromatic rings. The molecule has 0 saturated carbocycles. The molecule has 1 rings (SSSR count). The van der Waals surface area contributed by atoms with Crippen LogP contribution in [-0.4, -0.2) is 11.1 Å². The Balaban J connectivity index is 0.00000256. The molecule has 1 aromatic heterocycles. The molecule has 0 aliphatic heterocycles. The first-order valence-corrected chi connectivity index (χ1v) is 5.50. The summed E-state index contributed by atoms with van der Waals surface area (Å²) in [5, 5.41) is 9.89. The summed E-state index contributed by atoms with van der Waals surface area (Å²) >= 11 is 0.840. The number of halogens is 4. The zero-order valence-corrected chi connectivity index (χ0v) is 10.7. The molecule has 98 valence electrons. The second-order valence-corrected chi connectivity index (χ2v) is 4.74. The number of carboxylic acid groups (broad SMARTS) is 1. The lowest BCUT2D eigenvalue weighted by molar-refractivity contribution is -0.140. The van der Waals surface area contributed by atoms with Crippen molar-refractivity contribution in [1.82, 2.24) is 0 Å². The smallest absolute Gasteiger partial charge is 0.417 e. The summed E-state index contributed by atoms with van der Waals surface area (Å²) in [4.78, 5) is 11.2. The van der Waals surface area contributed by atoms with Crippen molar-refractivity contribution in [2.75, 3.05) is 0 Å². The van der Waals surface area contributed by atoms with E-state index in [4.69, 9.17) is 5.11 Å². The highest BCUT2D eigenvalue weighted by atomic mass is 35.5. The van der Waals surface area contributed by atoms with Crippen molar-refractivity contribution >= 4 is 29.7 Å². The molecule has 17 heavy (non-hydrogen) atoms. The molecule has 1 heterocycles. The summed E-state index contributed by atoms with van der Waals surface area (Å²) in [5.41, 5.74) is -0.778. The van der Waals surface area contributed by atoms with Crippen molar-refractivity contribution in [3.05, 3.63) is 21.9 Å². The normalized spacial score (nSPS) is 13.3. The van der Waals surface area contributed by atoms with Gasteiger partial charge in [0.15, 0.2) is 0 Å². The topological polar surface area (TPSA) is 37.3 Å². The molecule has 0 radical (unpaired) electrons. The Bertz CT molecular complexity index is 387. The third-order valence-corrected chi connectivity index (χ3v) is 3.20. The monoisotopic (exact) mass is 288 g/mol. The van der Waals surface area contributed by atoms with Crippen molar-refractivity contribution in [1.29, 1.82) is 0 Å². The Morgan fingerprint density at radius 1 is 1.41 bits per heavy atom. The molecule has 0 spiro atoms. The summed E-state index contributed by atoms with van der Waals surface area (Å²) in [6, 6.07) is 0.920. The predicted octanol–water partition coefficient (Wildman–Crippen LogP) is 4.01. The standard InChI is InChI=1S/C10H11F3O2S.ClH/c1-5(2)8(9(14)15)7-3-6(4-16-7)10(11,12)13;/h3-5,8H,1-2H3,(H,14,15);1H. The molecule has 0 amide bonds. The van der Waals surface area contributed by atoms with Gasteiger partial charge in [-0.3, -0.25) is 4.79 Å². The van der Waals surface area contributed by atoms with E-state index in [1.54, 1.807) is 13.8 Å². The van der Waals surface area contributed by atoms with Crippen LogP contribution >= 0.6 is 23.7 Å². The van der Waals surface area contributed by atoms with Gasteiger partial charge < -0.3 is 5.11 Å². The maximum absolute atomic E-state index is 12.3. The number of alkyl halides is 3. The van der Waals surface area contributed by atoms with Crippen LogP contribution < -0.4 is 0 Å². The van der Waals surface area contributed by atoms with Gasteiger partial charge in [-0.05, 0) is 12.0 Å². The van der Waals surface area contributed by atoms with Gasteiger partial charge in [0, 0.05) is 10.3 Å². The second-order valence-electron chi connectivity index (χ2n) is 3.80. The highest BCUT2D eigenvalue weighted by Gasteiger charge is 2.34. The second kappa shape index (κ2) is 5.73. The van der Waals surface area contributed by atoms with Crippen LogP contribution in [0, 0.1) is 5.92 Å². The van der Waals surface area contributed by atoms with Gasteiger partial charge in [0.05, 0.1) is 11.5 Å². The minimum atomic E-state index is -4.41. The van der Waals surface area contributed by atoms with Crippen LogP contribution in [0.1, 0.15) is 30.2 Å². The van der Waals surface area contributed by atoms with Crippen LogP contribution in [0.4, 0.5) is 13.2 Å². The lowest BCUT2D eigenvalue weighted by Gasteiger charge is -2.13. The molecular formula is C10H12ClF3O2S. The van der Waals surface area contributed by atoms with Crippen molar-refractivity contribution in [3.8, 4) is 0 Å². The van der Waals surface area contributed by atoms with Crippen molar-refractivity contribution in [2.24, 2.45) is 5.92 Å². The zero-order valence-electron chi connectivity index (χ0n) is 9.12. The van der Waals surface area contributed by atoms with Gasteiger partial charge in [0.2, 0.25) is 0 Å². The van der Waals surface area contributed by atoms with Crippen LogP contribution in [0.15, 0.2) is 11.4 Å². The van der Waals surface area contributed by atoms with E-state index in [-0.39, 0.29) is 23.2 Å². The minimum Gasteiger partial charge on any atom is -0.481 e. The predicted molar refractivity (Wildman–Crippen MR) is 61.8 cm³/mol. The fourth-order valence-electron chi connectivity index (χ4n) is 1.40. The average Bonchev–Trinajstić information content (AvgIpc) is 2.50. The van der Waals surface area contributed by atoms with E-state index in [0.29, 0.717) is 0 Å². The largest absolute Gasteiger partial charge is 0.481 e. The third-order valence-electron chi connectivity index (χ3n) is 2.19. The third kappa shape index (κ3) is 3.89. The van der Waals surface area contributed by atoms with E-state index in [9.17, 15) is 18.0 Å². The number of thiophene rings is 1. The van der Waals surface area contributed by atoms with E-state index >= 15 is 0 Å². The fourth-order valence-corrected chi connectivity index (χ4v) is 2.58. The summed E-state index contributed by atoms with van der Waals surface area (Å²) < 4.78 is 37.0. The Labute approximate surface area is 107 Å². The van der Waals surface area contributed by atoms with Crippen molar-refractivity contribution < 1.29 is 23.1 Å². The van der Waals surface area contributed by atoms with Gasteiger partial charge in [0.25, 0.3) is 0 Å². The number of hydrogen-bond acceptors (Lipinski definition) is 2. The molecule has 0 aliphatic rings. The number of hydrogen-bond donors (Lipinski definition) is 1. The van der Waals surface area contributed by atoms with E-state index in [1.807, 2.05) is 0 Å². The van der Waals surface area contributed by atoms with Crippen LogP contribution in [0.2, 0.25) is 0 Å². The minimum absolute atomic E-state index is 0. The summed E-state index contributed by atoms with van der Waals surface area (Å²) in [6.07, 6.45) is -4.41. The number of aliphatic carboxylic acids is 1. The van der Waals surface area contributed by atoms with Crippen molar-refractivity contribution in [2.45, 2.75) is 25.9 Å². The molecule has 0 aromatic carbocycles. The van der Waals surface area contributed by atoms with Gasteiger partial charge in [-0.2, -0.15) is 13.2 Å². The molecule has 1 unspecified atom stereocenters. The Morgan fingerprint density at radius 3 is 2.24 bits per heavy atom. The molecule has 0 aliphatic carbocycles. The quantitative estimate of drug-likeness (QED) is 0.912. The molecule has 1 atom stereocenters. The van der Waals surface area contributed by atoms with E-state index < -0.39 is 23.6 Å². The van der Waals surface area contributed by atoms with Gasteiger partial charge in [0.1, 0.15) is 0 Å². The van der Waals surface area contributed by atoms with Gasteiger partial charge in [-0.1, -0.05) is 13.8 Å². The maximum Gasteiger partial charge on any atom is 0.417 e. The van der Waals surface area contributed by atoms with Crippen LogP contribution in [0.25, 0.3) is 0 Å². The van der Waals surface area contributed by atoms with Crippen LogP contribution in [0.5, 0.6) is 0 Å². The summed E-state index contributed by atoms with van der Waals surface area (Å²) in [7, 11) is 0. The van der Waals surface area contributed by atoms with Crippen molar-refractivity contribution in [3.63, 3.8) is 0 Å². The van der Waals surface area contributed by atoms with E-state index in [2.05, 4.69) is 0 Å². The SMILES string of the molecule is CC(C)C(C(=O)O)c1cc(C(F)(F)F)cs1.Cl. The molecule has 0 saturated heterocycles. The fraction of sp³-hybridized carbons (Fsp3) is 0.500. The number of carboxylic acids is 1. The molecular weight excluding hydrogens is 277 g/mol.